The lowest BCUT2D eigenvalue weighted by Gasteiger charge is -2.31. The smallest absolute Gasteiger partial charge is 0.419 e. The Balaban J connectivity index is 1.60. The minimum Gasteiger partial charge on any atom is -0.497 e. The number of ether oxygens (including phenoxy) is 1. The molecule has 0 spiro atoms. The minimum atomic E-state index is -4.45. The van der Waals surface area contributed by atoms with E-state index in [4.69, 9.17) is 16.3 Å². The number of hydrogen-bond donors (Lipinski definition) is 0. The molecule has 0 aliphatic carbocycles. The van der Waals surface area contributed by atoms with Crippen molar-refractivity contribution in [3.63, 3.8) is 0 Å². The van der Waals surface area contributed by atoms with Gasteiger partial charge in [0.1, 0.15) is 30.1 Å². The Morgan fingerprint density at radius 1 is 1.21 bits per heavy atom. The van der Waals surface area contributed by atoms with Crippen LogP contribution in [0.4, 0.5) is 19.0 Å². The average Bonchev–Trinajstić information content (AvgIpc) is 2.67. The molecule has 1 aliphatic rings. The number of nitrogens with one attached hydrogen (secondary N) is 1. The summed E-state index contributed by atoms with van der Waals surface area (Å²) in [5.74, 6) is 1.12. The van der Waals surface area contributed by atoms with Gasteiger partial charge in [-0.2, -0.15) is 13.2 Å². The standard InChI is InChI=1S/C19H19ClF3N3O2/c1-28-15-4-2-3-13(9-15)10-17(27)25-5-7-26(8-6-25)18-16(20)11-14(12-24-18)19(21,22)23/h2-4,9,11-12H,5-8,10H2,1H3/p+1. The third-order valence-electron chi connectivity index (χ3n) is 4.64. The van der Waals surface area contributed by atoms with E-state index < -0.39 is 11.7 Å². The molecule has 1 N–H and O–H groups in total. The quantitative estimate of drug-likeness (QED) is 0.772. The van der Waals surface area contributed by atoms with Crippen molar-refractivity contribution >= 4 is 23.3 Å². The van der Waals surface area contributed by atoms with E-state index in [1.54, 1.807) is 12.0 Å². The molecule has 1 aromatic heterocycles. The van der Waals surface area contributed by atoms with Crippen molar-refractivity contribution in [2.75, 3.05) is 38.2 Å². The summed E-state index contributed by atoms with van der Waals surface area (Å²) in [6.07, 6.45) is -3.28. The summed E-state index contributed by atoms with van der Waals surface area (Å²) in [4.78, 5) is 18.8. The molecule has 1 amide bonds. The van der Waals surface area contributed by atoms with E-state index in [0.717, 1.165) is 17.8 Å². The van der Waals surface area contributed by atoms with Crippen LogP contribution < -0.4 is 14.6 Å². The lowest BCUT2D eigenvalue weighted by Crippen LogP contribution is -2.50. The van der Waals surface area contributed by atoms with E-state index >= 15 is 0 Å². The maximum atomic E-state index is 12.8. The number of rotatable bonds is 4. The third kappa shape index (κ3) is 4.67. The fraction of sp³-hybridized carbons (Fsp3) is 0.368. The Morgan fingerprint density at radius 3 is 2.54 bits per heavy atom. The van der Waals surface area contributed by atoms with Gasteiger partial charge in [0.2, 0.25) is 5.91 Å². The molecular weight excluding hydrogens is 395 g/mol. The van der Waals surface area contributed by atoms with Gasteiger partial charge in [-0.3, -0.25) is 9.69 Å². The number of anilines is 1. The summed E-state index contributed by atoms with van der Waals surface area (Å²) in [7, 11) is 1.57. The molecule has 1 aromatic carbocycles. The predicted molar refractivity (Wildman–Crippen MR) is 98.5 cm³/mol. The van der Waals surface area contributed by atoms with Crippen molar-refractivity contribution in [1.82, 2.24) is 4.90 Å². The van der Waals surface area contributed by atoms with E-state index in [1.165, 1.54) is 0 Å². The molecule has 3 rings (SSSR count). The van der Waals surface area contributed by atoms with E-state index in [9.17, 15) is 18.0 Å². The van der Waals surface area contributed by atoms with Gasteiger partial charge in [-0.15, -0.1) is 0 Å². The van der Waals surface area contributed by atoms with Gasteiger partial charge in [0, 0.05) is 0 Å². The maximum absolute atomic E-state index is 12.8. The van der Waals surface area contributed by atoms with Crippen LogP contribution in [0.25, 0.3) is 0 Å². The second-order valence-electron chi connectivity index (χ2n) is 6.48. The van der Waals surface area contributed by atoms with Crippen molar-refractivity contribution < 1.29 is 27.7 Å². The number of benzene rings is 1. The Labute approximate surface area is 165 Å². The highest BCUT2D eigenvalue weighted by atomic mass is 35.5. The Bertz CT molecular complexity index is 853. The van der Waals surface area contributed by atoms with Crippen LogP contribution in [0.1, 0.15) is 11.1 Å². The molecule has 0 bridgehead atoms. The molecule has 1 aliphatic heterocycles. The van der Waals surface area contributed by atoms with Gasteiger partial charge in [-0.1, -0.05) is 23.7 Å². The van der Waals surface area contributed by atoms with E-state index in [1.807, 2.05) is 29.2 Å². The summed E-state index contributed by atoms with van der Waals surface area (Å²) >= 11 is 6.04. The zero-order valence-corrected chi connectivity index (χ0v) is 16.0. The highest BCUT2D eigenvalue weighted by Crippen LogP contribution is 2.32. The molecule has 1 fully saturated rings. The number of halogens is 4. The van der Waals surface area contributed by atoms with E-state index in [2.05, 4.69) is 4.98 Å². The number of hydrogen-bond acceptors (Lipinski definition) is 3. The number of nitrogens with zero attached hydrogens (tertiary/aromatic N) is 2. The number of carbonyl (C=O) groups excluding carboxylic acids is 1. The summed E-state index contributed by atoms with van der Waals surface area (Å²) in [6.45, 7) is 1.89. The first-order valence-electron chi connectivity index (χ1n) is 8.72. The molecule has 0 radical (unpaired) electrons. The van der Waals surface area contributed by atoms with Crippen molar-refractivity contribution in [2.24, 2.45) is 0 Å². The molecule has 0 unspecified atom stereocenters. The van der Waals surface area contributed by atoms with Gasteiger partial charge in [0.15, 0.2) is 0 Å². The number of H-pyrrole nitrogens is 1. The normalized spacial score (nSPS) is 14.9. The Hall–Kier alpha value is -2.48. The Kier molecular flexibility index (Phi) is 5.98. The molecule has 5 nitrogen and oxygen atoms in total. The molecule has 0 saturated carbocycles. The number of methoxy groups -OCH3 is 1. The van der Waals surface area contributed by atoms with Crippen molar-refractivity contribution in [3.05, 3.63) is 52.7 Å². The SMILES string of the molecule is COc1cccc(CC(=O)N2CCN(c3[nH+]cc(C(F)(F)F)cc3Cl)CC2)c1. The summed E-state index contributed by atoms with van der Waals surface area (Å²) in [5.41, 5.74) is 0.0410. The van der Waals surface area contributed by atoms with Crippen LogP contribution in [-0.4, -0.2) is 44.1 Å². The van der Waals surface area contributed by atoms with Crippen molar-refractivity contribution in [2.45, 2.75) is 12.6 Å². The topological polar surface area (TPSA) is 46.9 Å². The van der Waals surface area contributed by atoms with Crippen LogP contribution in [-0.2, 0) is 17.4 Å². The van der Waals surface area contributed by atoms with Gasteiger partial charge in [0.05, 0.1) is 32.2 Å². The van der Waals surface area contributed by atoms with Gasteiger partial charge < -0.3 is 9.64 Å². The molecule has 2 heterocycles. The van der Waals surface area contributed by atoms with E-state index in [0.29, 0.717) is 37.7 Å². The number of aromatic nitrogens is 1. The van der Waals surface area contributed by atoms with Crippen LogP contribution in [0.5, 0.6) is 5.75 Å². The molecule has 1 saturated heterocycles. The molecular formula is C19H20ClF3N3O2+. The maximum Gasteiger partial charge on any atom is 0.419 e. The number of alkyl halides is 3. The van der Waals surface area contributed by atoms with Crippen molar-refractivity contribution in [3.8, 4) is 5.75 Å². The first-order valence-corrected chi connectivity index (χ1v) is 9.10. The number of amides is 1. The predicted octanol–water partition coefficient (Wildman–Crippen LogP) is 3.07. The first-order chi connectivity index (χ1) is 13.3. The van der Waals surface area contributed by atoms with E-state index in [-0.39, 0.29) is 17.4 Å². The fourth-order valence-electron chi connectivity index (χ4n) is 3.12. The lowest BCUT2D eigenvalue weighted by molar-refractivity contribution is -0.367. The number of aromatic amines is 1. The lowest BCUT2D eigenvalue weighted by atomic mass is 10.1. The first kappa shape index (κ1) is 20.3. The second-order valence-corrected chi connectivity index (χ2v) is 6.89. The largest absolute Gasteiger partial charge is 0.497 e. The molecule has 2 aromatic rings. The number of piperazine rings is 1. The van der Waals surface area contributed by atoms with Crippen LogP contribution >= 0.6 is 11.6 Å². The zero-order valence-electron chi connectivity index (χ0n) is 15.2. The molecule has 0 atom stereocenters. The van der Waals surface area contributed by atoms with Crippen LogP contribution in [0, 0.1) is 0 Å². The van der Waals surface area contributed by atoms with Crippen LogP contribution in [0.15, 0.2) is 36.5 Å². The number of pyridine rings is 1. The van der Waals surface area contributed by atoms with Crippen LogP contribution in [0.3, 0.4) is 0 Å². The van der Waals surface area contributed by atoms with Crippen LogP contribution in [0.2, 0.25) is 5.02 Å². The van der Waals surface area contributed by atoms with Gasteiger partial charge in [-0.25, -0.2) is 4.98 Å². The third-order valence-corrected chi connectivity index (χ3v) is 4.93. The van der Waals surface area contributed by atoms with Gasteiger partial charge >= 0.3 is 6.18 Å². The zero-order chi connectivity index (χ0) is 20.3. The number of carbonyl (C=O) groups is 1. The van der Waals surface area contributed by atoms with Gasteiger partial charge in [-0.05, 0) is 23.8 Å². The average molecular weight is 415 g/mol. The highest BCUT2D eigenvalue weighted by Gasteiger charge is 2.34. The Morgan fingerprint density at radius 2 is 1.93 bits per heavy atom. The summed E-state index contributed by atoms with van der Waals surface area (Å²) in [5, 5.41) is 0.00554. The van der Waals surface area contributed by atoms with Crippen molar-refractivity contribution in [1.29, 1.82) is 0 Å². The highest BCUT2D eigenvalue weighted by molar-refractivity contribution is 6.32. The second kappa shape index (κ2) is 8.26. The summed E-state index contributed by atoms with van der Waals surface area (Å²) < 4.78 is 43.5. The molecule has 28 heavy (non-hydrogen) atoms. The summed E-state index contributed by atoms with van der Waals surface area (Å²) in [6, 6.07) is 8.26. The fourth-order valence-corrected chi connectivity index (χ4v) is 3.41. The molecule has 9 heteroatoms. The minimum absolute atomic E-state index is 0.00426. The molecule has 150 valence electrons. The van der Waals surface area contributed by atoms with Gasteiger partial charge in [0.25, 0.3) is 5.82 Å². The monoisotopic (exact) mass is 414 g/mol.